The van der Waals surface area contributed by atoms with Crippen molar-refractivity contribution in [3.63, 3.8) is 0 Å². The second-order valence-corrected chi connectivity index (χ2v) is 7.99. The summed E-state index contributed by atoms with van der Waals surface area (Å²) < 4.78 is 19.0. The van der Waals surface area contributed by atoms with Crippen molar-refractivity contribution in [3.05, 3.63) is 88.7 Å². The van der Waals surface area contributed by atoms with Crippen molar-refractivity contribution in [2.24, 2.45) is 0 Å². The van der Waals surface area contributed by atoms with Gasteiger partial charge in [-0.05, 0) is 60.5 Å². The lowest BCUT2D eigenvalue weighted by atomic mass is 10.1. The van der Waals surface area contributed by atoms with E-state index in [1.54, 1.807) is 23.9 Å². The number of hydrogen-bond donors (Lipinski definition) is 2. The summed E-state index contributed by atoms with van der Waals surface area (Å²) in [6.45, 7) is 0.442. The van der Waals surface area contributed by atoms with Gasteiger partial charge in [-0.3, -0.25) is 4.79 Å². The third-order valence-corrected chi connectivity index (χ3v) is 5.85. The molecule has 0 unspecified atom stereocenters. The minimum absolute atomic E-state index is 0.184. The van der Waals surface area contributed by atoms with Crippen molar-refractivity contribution in [2.75, 3.05) is 6.54 Å². The predicted octanol–water partition coefficient (Wildman–Crippen LogP) is 5.82. The summed E-state index contributed by atoms with van der Waals surface area (Å²) in [5.41, 5.74) is 2.37. The first kappa shape index (κ1) is 19.6. The van der Waals surface area contributed by atoms with Crippen LogP contribution in [0.3, 0.4) is 0 Å². The standard InChI is InChI=1S/C22H18ClFN2O2S/c23-15-1-4-17(5-2-15)29-13-21-18(8-10-28-21)22(27)25-9-7-14-12-26-20-6-3-16(24)11-19(14)20/h1-6,8,10-12,26H,7,9,13H2,(H,25,27). The molecular formula is C22H18ClFN2O2S. The van der Waals surface area contributed by atoms with Crippen LogP contribution in [0.1, 0.15) is 21.7 Å². The number of amides is 1. The van der Waals surface area contributed by atoms with Crippen LogP contribution in [0.2, 0.25) is 5.02 Å². The summed E-state index contributed by atoms with van der Waals surface area (Å²) in [7, 11) is 0. The van der Waals surface area contributed by atoms with Crippen LogP contribution in [-0.2, 0) is 12.2 Å². The topological polar surface area (TPSA) is 58.0 Å². The lowest BCUT2D eigenvalue weighted by molar-refractivity contribution is 0.0952. The number of halogens is 2. The number of rotatable bonds is 7. The maximum atomic E-state index is 13.5. The fourth-order valence-corrected chi connectivity index (χ4v) is 4.07. The molecule has 2 N–H and O–H groups in total. The molecule has 4 rings (SSSR count). The van der Waals surface area contributed by atoms with Crippen molar-refractivity contribution >= 4 is 40.2 Å². The third-order valence-electron chi connectivity index (χ3n) is 4.58. The molecule has 0 saturated heterocycles. The molecule has 0 aliphatic heterocycles. The summed E-state index contributed by atoms with van der Waals surface area (Å²) in [4.78, 5) is 16.7. The summed E-state index contributed by atoms with van der Waals surface area (Å²) >= 11 is 7.47. The molecule has 0 aliphatic carbocycles. The smallest absolute Gasteiger partial charge is 0.254 e. The monoisotopic (exact) mass is 428 g/mol. The Kier molecular flexibility index (Phi) is 5.92. The van der Waals surface area contributed by atoms with Crippen LogP contribution >= 0.6 is 23.4 Å². The first-order valence-corrected chi connectivity index (χ1v) is 10.4. The second kappa shape index (κ2) is 8.76. The summed E-state index contributed by atoms with van der Waals surface area (Å²) in [5.74, 6) is 0.704. The second-order valence-electron chi connectivity index (χ2n) is 6.51. The lowest BCUT2D eigenvalue weighted by Crippen LogP contribution is -2.26. The molecule has 0 saturated carbocycles. The number of aromatic amines is 1. The number of benzene rings is 2. The number of carbonyl (C=O) groups is 1. The normalized spacial score (nSPS) is 11.1. The highest BCUT2D eigenvalue weighted by atomic mass is 35.5. The van der Waals surface area contributed by atoms with Gasteiger partial charge in [0.2, 0.25) is 0 Å². The van der Waals surface area contributed by atoms with Gasteiger partial charge in [0.15, 0.2) is 0 Å². The van der Waals surface area contributed by atoms with E-state index in [1.165, 1.54) is 18.4 Å². The van der Waals surface area contributed by atoms with E-state index in [0.717, 1.165) is 21.4 Å². The number of hydrogen-bond acceptors (Lipinski definition) is 3. The lowest BCUT2D eigenvalue weighted by Gasteiger charge is -2.06. The molecule has 2 aromatic heterocycles. The zero-order valence-corrected chi connectivity index (χ0v) is 16.9. The van der Waals surface area contributed by atoms with Gasteiger partial charge in [0.05, 0.1) is 17.6 Å². The number of fused-ring (bicyclic) bond motifs is 1. The largest absolute Gasteiger partial charge is 0.468 e. The van der Waals surface area contributed by atoms with Crippen molar-refractivity contribution < 1.29 is 13.6 Å². The number of furan rings is 1. The van der Waals surface area contributed by atoms with Gasteiger partial charge in [-0.1, -0.05) is 11.6 Å². The Balaban J connectivity index is 1.34. The van der Waals surface area contributed by atoms with Crippen LogP contribution < -0.4 is 5.32 Å². The van der Waals surface area contributed by atoms with E-state index >= 15 is 0 Å². The Morgan fingerprint density at radius 3 is 2.83 bits per heavy atom. The van der Waals surface area contributed by atoms with Gasteiger partial charge in [0, 0.05) is 33.6 Å². The summed E-state index contributed by atoms with van der Waals surface area (Å²) in [6, 6.07) is 13.8. The highest BCUT2D eigenvalue weighted by Crippen LogP contribution is 2.26. The Morgan fingerprint density at radius 1 is 1.17 bits per heavy atom. The summed E-state index contributed by atoms with van der Waals surface area (Å²) in [5, 5.41) is 4.44. The molecule has 148 valence electrons. The molecular weight excluding hydrogens is 411 g/mol. The molecule has 7 heteroatoms. The average molecular weight is 429 g/mol. The van der Waals surface area contributed by atoms with Crippen LogP contribution in [0.5, 0.6) is 0 Å². The predicted molar refractivity (Wildman–Crippen MR) is 114 cm³/mol. The first-order valence-electron chi connectivity index (χ1n) is 9.08. The van der Waals surface area contributed by atoms with Crippen LogP contribution in [0.4, 0.5) is 4.39 Å². The van der Waals surface area contributed by atoms with Crippen molar-refractivity contribution in [2.45, 2.75) is 17.1 Å². The average Bonchev–Trinajstić information content (AvgIpc) is 3.34. The van der Waals surface area contributed by atoms with Crippen LogP contribution in [0.15, 0.2) is 70.3 Å². The number of thioether (sulfide) groups is 1. The molecule has 0 fully saturated rings. The molecule has 0 atom stereocenters. The molecule has 29 heavy (non-hydrogen) atoms. The molecule has 0 spiro atoms. The van der Waals surface area contributed by atoms with E-state index in [9.17, 15) is 9.18 Å². The van der Waals surface area contributed by atoms with Gasteiger partial charge in [-0.25, -0.2) is 4.39 Å². The van der Waals surface area contributed by atoms with Gasteiger partial charge in [0.25, 0.3) is 5.91 Å². The van der Waals surface area contributed by atoms with E-state index < -0.39 is 0 Å². The molecule has 1 amide bonds. The Labute approximate surface area is 176 Å². The summed E-state index contributed by atoms with van der Waals surface area (Å²) in [6.07, 6.45) is 3.97. The van der Waals surface area contributed by atoms with Crippen molar-refractivity contribution in [1.82, 2.24) is 10.3 Å². The number of carbonyl (C=O) groups excluding carboxylic acids is 1. The number of nitrogens with one attached hydrogen (secondary N) is 2. The third kappa shape index (κ3) is 4.66. The zero-order chi connectivity index (χ0) is 20.2. The van der Waals surface area contributed by atoms with Gasteiger partial charge in [-0.2, -0.15) is 0 Å². The molecule has 0 bridgehead atoms. The molecule has 0 radical (unpaired) electrons. The van der Waals surface area contributed by atoms with Gasteiger partial charge in [0.1, 0.15) is 11.6 Å². The van der Waals surface area contributed by atoms with Crippen LogP contribution in [-0.4, -0.2) is 17.4 Å². The Hall–Kier alpha value is -2.70. The van der Waals surface area contributed by atoms with Gasteiger partial charge >= 0.3 is 0 Å². The van der Waals surface area contributed by atoms with E-state index in [-0.39, 0.29) is 11.7 Å². The van der Waals surface area contributed by atoms with Gasteiger partial charge in [-0.15, -0.1) is 11.8 Å². The van der Waals surface area contributed by atoms with Crippen molar-refractivity contribution in [3.8, 4) is 0 Å². The Bertz CT molecular complexity index is 1140. The van der Waals surface area contributed by atoms with Gasteiger partial charge < -0.3 is 14.7 Å². The molecule has 4 nitrogen and oxygen atoms in total. The molecule has 0 aliphatic rings. The van der Waals surface area contributed by atoms with E-state index in [4.69, 9.17) is 16.0 Å². The molecule has 2 heterocycles. The SMILES string of the molecule is O=C(NCCc1c[nH]c2ccc(F)cc12)c1ccoc1CSc1ccc(Cl)cc1. The molecule has 4 aromatic rings. The molecule has 2 aromatic carbocycles. The minimum atomic E-state index is -0.274. The number of aromatic nitrogens is 1. The zero-order valence-electron chi connectivity index (χ0n) is 15.4. The fraction of sp³-hybridized carbons (Fsp3) is 0.136. The van der Waals surface area contributed by atoms with Crippen molar-refractivity contribution in [1.29, 1.82) is 0 Å². The van der Waals surface area contributed by atoms with Crippen LogP contribution in [0.25, 0.3) is 10.9 Å². The van der Waals surface area contributed by atoms with Crippen LogP contribution in [0, 0.1) is 5.82 Å². The minimum Gasteiger partial charge on any atom is -0.468 e. The quantitative estimate of drug-likeness (QED) is 0.365. The highest BCUT2D eigenvalue weighted by molar-refractivity contribution is 7.98. The highest BCUT2D eigenvalue weighted by Gasteiger charge is 2.15. The maximum Gasteiger partial charge on any atom is 0.254 e. The Morgan fingerprint density at radius 2 is 2.00 bits per heavy atom. The maximum absolute atomic E-state index is 13.5. The number of H-pyrrole nitrogens is 1. The van der Waals surface area contributed by atoms with E-state index in [1.807, 2.05) is 30.5 Å². The van der Waals surface area contributed by atoms with E-state index in [0.29, 0.717) is 35.1 Å². The van der Waals surface area contributed by atoms with E-state index in [2.05, 4.69) is 10.3 Å². The first-order chi connectivity index (χ1) is 14.1. The fourth-order valence-electron chi connectivity index (χ4n) is 3.10.